The van der Waals surface area contributed by atoms with E-state index in [2.05, 4.69) is 25.6 Å². The molecule has 1 amide bonds. The summed E-state index contributed by atoms with van der Waals surface area (Å²) in [5.74, 6) is 6.91. The van der Waals surface area contributed by atoms with Gasteiger partial charge >= 0.3 is 0 Å². The van der Waals surface area contributed by atoms with Crippen molar-refractivity contribution in [1.82, 2.24) is 20.2 Å². The fraction of sp³-hybridized carbons (Fsp3) is 0.462. The molecule has 1 unspecified atom stereocenters. The Morgan fingerprint density at radius 1 is 1.57 bits per heavy atom. The number of aromatic nitrogens is 2. The van der Waals surface area contributed by atoms with Crippen LogP contribution in [0.25, 0.3) is 10.2 Å². The van der Waals surface area contributed by atoms with Gasteiger partial charge in [-0.1, -0.05) is 0 Å². The topological polar surface area (TPSA) is 96.2 Å². The zero-order chi connectivity index (χ0) is 14.8. The molecule has 1 saturated heterocycles. The number of carbonyl (C=O) groups is 1. The van der Waals surface area contributed by atoms with E-state index in [1.54, 1.807) is 18.4 Å². The lowest BCUT2D eigenvalue weighted by Gasteiger charge is -2.22. The Balaban J connectivity index is 1.85. The third kappa shape index (κ3) is 2.69. The molecule has 4 N–H and O–H groups in total. The summed E-state index contributed by atoms with van der Waals surface area (Å²) < 4.78 is 0. The molecule has 0 spiro atoms. The summed E-state index contributed by atoms with van der Waals surface area (Å²) in [5.41, 5.74) is 2.62. The number of nitrogens with one attached hydrogen (secondary N) is 2. The summed E-state index contributed by atoms with van der Waals surface area (Å²) in [4.78, 5) is 23.9. The predicted octanol–water partition coefficient (Wildman–Crippen LogP) is 0.687. The Bertz CT molecular complexity index is 657. The summed E-state index contributed by atoms with van der Waals surface area (Å²) in [6.07, 6.45) is 1.89. The van der Waals surface area contributed by atoms with Gasteiger partial charge in [-0.25, -0.2) is 15.8 Å². The number of likely N-dealkylation sites (N-methyl/N-ethyl adjacent to an activating group) is 1. The average Bonchev–Trinajstić information content (AvgIpc) is 3.14. The van der Waals surface area contributed by atoms with Gasteiger partial charge in [0.05, 0.1) is 18.0 Å². The zero-order valence-electron chi connectivity index (χ0n) is 11.8. The highest BCUT2D eigenvalue weighted by Crippen LogP contribution is 2.26. The second kappa shape index (κ2) is 5.92. The predicted molar refractivity (Wildman–Crippen MR) is 82.7 cm³/mol. The first-order chi connectivity index (χ1) is 10.2. The number of rotatable bonds is 4. The van der Waals surface area contributed by atoms with E-state index in [1.807, 2.05) is 11.4 Å². The molecular weight excluding hydrogens is 288 g/mol. The lowest BCUT2D eigenvalue weighted by molar-refractivity contribution is -0.125. The van der Waals surface area contributed by atoms with Crippen LogP contribution in [0.5, 0.6) is 0 Å². The SMILES string of the molecule is CNC(=O)C1CCCN1Cc1nc(NN)c2ccsc2n1. The average molecular weight is 306 g/mol. The summed E-state index contributed by atoms with van der Waals surface area (Å²) in [6, 6.07) is 1.86. The van der Waals surface area contributed by atoms with Crippen LogP contribution < -0.4 is 16.6 Å². The van der Waals surface area contributed by atoms with E-state index in [0.29, 0.717) is 18.2 Å². The number of amides is 1. The van der Waals surface area contributed by atoms with Gasteiger partial charge in [0.1, 0.15) is 10.7 Å². The van der Waals surface area contributed by atoms with Gasteiger partial charge in [-0.3, -0.25) is 9.69 Å². The smallest absolute Gasteiger partial charge is 0.237 e. The molecular formula is C13H18N6OS. The number of carbonyl (C=O) groups excluding carboxylic acids is 1. The number of nitrogens with two attached hydrogens (primary N) is 1. The van der Waals surface area contributed by atoms with E-state index in [1.165, 1.54) is 0 Å². The van der Waals surface area contributed by atoms with Gasteiger partial charge in [0.25, 0.3) is 0 Å². The molecule has 1 aliphatic heterocycles. The number of hydrogen-bond acceptors (Lipinski definition) is 7. The monoisotopic (exact) mass is 306 g/mol. The van der Waals surface area contributed by atoms with Crippen LogP contribution >= 0.6 is 11.3 Å². The molecule has 3 heterocycles. The van der Waals surface area contributed by atoms with Gasteiger partial charge in [0, 0.05) is 7.05 Å². The number of hydrazine groups is 1. The molecule has 8 heteroatoms. The number of hydrogen-bond donors (Lipinski definition) is 3. The molecule has 1 aliphatic rings. The molecule has 21 heavy (non-hydrogen) atoms. The molecule has 0 aromatic carbocycles. The molecule has 7 nitrogen and oxygen atoms in total. The molecule has 0 aliphatic carbocycles. The van der Waals surface area contributed by atoms with Gasteiger partial charge in [-0.15, -0.1) is 11.3 Å². The van der Waals surface area contributed by atoms with E-state index < -0.39 is 0 Å². The van der Waals surface area contributed by atoms with Gasteiger partial charge in [-0.05, 0) is 30.8 Å². The van der Waals surface area contributed by atoms with Crippen LogP contribution in [0.3, 0.4) is 0 Å². The molecule has 1 fully saturated rings. The van der Waals surface area contributed by atoms with Crippen LogP contribution in [0.4, 0.5) is 5.82 Å². The number of nitrogens with zero attached hydrogens (tertiary/aromatic N) is 3. The van der Waals surface area contributed by atoms with Crippen molar-refractivity contribution in [3.8, 4) is 0 Å². The van der Waals surface area contributed by atoms with Crippen molar-refractivity contribution in [1.29, 1.82) is 0 Å². The van der Waals surface area contributed by atoms with Crippen LogP contribution in [0.1, 0.15) is 18.7 Å². The number of anilines is 1. The standard InChI is InChI=1S/C13H18N6OS/c1-15-12(20)9-3-2-5-19(9)7-10-16-11(18-14)8-4-6-21-13(8)17-10/h4,6,9H,2-3,5,7,14H2,1H3,(H,15,20)(H,16,17,18). The Kier molecular flexibility index (Phi) is 4.00. The molecule has 3 rings (SSSR count). The Hall–Kier alpha value is -1.77. The van der Waals surface area contributed by atoms with Crippen molar-refractivity contribution in [3.05, 3.63) is 17.3 Å². The van der Waals surface area contributed by atoms with Gasteiger partial charge in [0.15, 0.2) is 5.82 Å². The first-order valence-electron chi connectivity index (χ1n) is 6.89. The third-order valence-electron chi connectivity index (χ3n) is 3.77. The highest BCUT2D eigenvalue weighted by molar-refractivity contribution is 7.16. The Labute approximate surface area is 126 Å². The fourth-order valence-electron chi connectivity index (χ4n) is 2.74. The molecule has 1 atom stereocenters. The summed E-state index contributed by atoms with van der Waals surface area (Å²) in [7, 11) is 1.67. The lowest BCUT2D eigenvalue weighted by Crippen LogP contribution is -2.41. The quantitative estimate of drug-likeness (QED) is 0.568. The molecule has 2 aromatic rings. The summed E-state index contributed by atoms with van der Waals surface area (Å²) in [5, 5.41) is 5.61. The fourth-order valence-corrected chi connectivity index (χ4v) is 3.52. The maximum atomic E-state index is 11.9. The number of fused-ring (bicyclic) bond motifs is 1. The first-order valence-corrected chi connectivity index (χ1v) is 7.77. The van der Waals surface area contributed by atoms with E-state index in [0.717, 1.165) is 29.6 Å². The Morgan fingerprint density at radius 3 is 3.19 bits per heavy atom. The molecule has 0 radical (unpaired) electrons. The largest absolute Gasteiger partial charge is 0.358 e. The minimum absolute atomic E-state index is 0.0573. The van der Waals surface area contributed by atoms with Crippen molar-refractivity contribution < 1.29 is 4.79 Å². The maximum absolute atomic E-state index is 11.9. The Morgan fingerprint density at radius 2 is 2.43 bits per heavy atom. The van der Waals surface area contributed by atoms with Crippen molar-refractivity contribution in [2.45, 2.75) is 25.4 Å². The second-order valence-corrected chi connectivity index (χ2v) is 5.91. The van der Waals surface area contributed by atoms with Crippen molar-refractivity contribution >= 4 is 33.3 Å². The third-order valence-corrected chi connectivity index (χ3v) is 4.57. The second-order valence-electron chi connectivity index (χ2n) is 5.01. The van der Waals surface area contributed by atoms with E-state index >= 15 is 0 Å². The number of nitrogen functional groups attached to an aromatic ring is 1. The van der Waals surface area contributed by atoms with Crippen LogP contribution in [0.15, 0.2) is 11.4 Å². The van der Waals surface area contributed by atoms with Crippen molar-refractivity contribution in [2.24, 2.45) is 5.84 Å². The molecule has 0 bridgehead atoms. The summed E-state index contributed by atoms with van der Waals surface area (Å²) in [6.45, 7) is 1.44. The van der Waals surface area contributed by atoms with Crippen LogP contribution in [-0.2, 0) is 11.3 Å². The van der Waals surface area contributed by atoms with E-state index in [-0.39, 0.29) is 11.9 Å². The minimum Gasteiger partial charge on any atom is -0.358 e. The van der Waals surface area contributed by atoms with Crippen LogP contribution in [-0.4, -0.2) is 40.4 Å². The zero-order valence-corrected chi connectivity index (χ0v) is 12.6. The van der Waals surface area contributed by atoms with Gasteiger partial charge < -0.3 is 10.7 Å². The minimum atomic E-state index is -0.0908. The van der Waals surface area contributed by atoms with Crippen molar-refractivity contribution in [3.63, 3.8) is 0 Å². The lowest BCUT2D eigenvalue weighted by atomic mass is 10.2. The highest BCUT2D eigenvalue weighted by atomic mass is 32.1. The molecule has 112 valence electrons. The van der Waals surface area contributed by atoms with Gasteiger partial charge in [0.2, 0.25) is 5.91 Å². The maximum Gasteiger partial charge on any atom is 0.237 e. The van der Waals surface area contributed by atoms with E-state index in [4.69, 9.17) is 5.84 Å². The van der Waals surface area contributed by atoms with Crippen molar-refractivity contribution in [2.75, 3.05) is 19.0 Å². The first kappa shape index (κ1) is 14.2. The summed E-state index contributed by atoms with van der Waals surface area (Å²) >= 11 is 1.56. The number of likely N-dealkylation sites (tertiary alicyclic amines) is 1. The molecule has 2 aromatic heterocycles. The normalized spacial score (nSPS) is 19.0. The number of thiophene rings is 1. The highest BCUT2D eigenvalue weighted by Gasteiger charge is 2.30. The van der Waals surface area contributed by atoms with Crippen LogP contribution in [0, 0.1) is 0 Å². The van der Waals surface area contributed by atoms with Gasteiger partial charge in [-0.2, -0.15) is 0 Å². The van der Waals surface area contributed by atoms with Crippen LogP contribution in [0.2, 0.25) is 0 Å². The molecule has 0 saturated carbocycles. The van der Waals surface area contributed by atoms with E-state index in [9.17, 15) is 4.79 Å².